The first-order valence-corrected chi connectivity index (χ1v) is 12.8. The Bertz CT molecular complexity index is 1240. The van der Waals surface area contributed by atoms with Crippen LogP contribution in [-0.2, 0) is 11.3 Å². The number of nitrogens with zero attached hydrogens (tertiary/aromatic N) is 2. The lowest BCUT2D eigenvalue weighted by molar-refractivity contribution is -0.121. The van der Waals surface area contributed by atoms with Gasteiger partial charge in [0.1, 0.15) is 0 Å². The molecule has 2 aromatic carbocycles. The quantitative estimate of drug-likeness (QED) is 0.316. The van der Waals surface area contributed by atoms with Crippen molar-refractivity contribution in [3.63, 3.8) is 0 Å². The fourth-order valence-electron chi connectivity index (χ4n) is 5.30. The number of amides is 1. The highest BCUT2D eigenvalue weighted by atomic mass is 35.5. The lowest BCUT2D eigenvalue weighted by Crippen LogP contribution is -2.31. The Kier molecular flexibility index (Phi) is 9.15. The molecular weight excluding hydrogens is 468 g/mol. The average Bonchev–Trinajstić information content (AvgIpc) is 3.27. The summed E-state index contributed by atoms with van der Waals surface area (Å²) in [7, 11) is 0. The monoisotopic (exact) mass is 502 g/mol. The first-order chi connectivity index (χ1) is 17.3. The van der Waals surface area contributed by atoms with Crippen LogP contribution in [0.15, 0.2) is 85.3 Å². The minimum Gasteiger partial charge on any atom is -0.356 e. The van der Waals surface area contributed by atoms with Gasteiger partial charge in [0.05, 0.1) is 0 Å². The molecule has 1 aliphatic heterocycles. The molecule has 0 aliphatic carbocycles. The molecule has 0 spiro atoms. The highest BCUT2D eigenvalue weighted by Gasteiger charge is 2.23. The number of halogens is 1. The summed E-state index contributed by atoms with van der Waals surface area (Å²) in [5, 5.41) is 7.82. The smallest absolute Gasteiger partial charge is 0.220 e. The van der Waals surface area contributed by atoms with E-state index in [0.29, 0.717) is 12.3 Å². The predicted molar refractivity (Wildman–Crippen MR) is 149 cm³/mol. The zero-order valence-electron chi connectivity index (χ0n) is 20.6. The number of aromatic nitrogens is 2. The zero-order valence-corrected chi connectivity index (χ0v) is 21.4. The number of hydrogen-bond donors (Lipinski definition) is 2. The molecule has 1 unspecified atom stereocenters. The Morgan fingerprint density at radius 2 is 1.81 bits per heavy atom. The van der Waals surface area contributed by atoms with Crippen LogP contribution in [0.1, 0.15) is 48.3 Å². The molecule has 1 atom stereocenters. The van der Waals surface area contributed by atoms with Crippen molar-refractivity contribution in [3.05, 3.63) is 102 Å². The zero-order chi connectivity index (χ0) is 23.9. The normalized spacial score (nSPS) is 14.8. The van der Waals surface area contributed by atoms with E-state index in [9.17, 15) is 4.79 Å². The second-order valence-electron chi connectivity index (χ2n) is 9.59. The number of rotatable bonds is 9. The van der Waals surface area contributed by atoms with Gasteiger partial charge in [-0.1, -0.05) is 54.6 Å². The van der Waals surface area contributed by atoms with Gasteiger partial charge in [0.15, 0.2) is 0 Å². The molecular formula is C30H35ClN4O. The molecule has 0 saturated carbocycles. The van der Waals surface area contributed by atoms with Crippen molar-refractivity contribution >= 4 is 29.2 Å². The Balaban J connectivity index is 0.00000304. The van der Waals surface area contributed by atoms with E-state index >= 15 is 0 Å². The summed E-state index contributed by atoms with van der Waals surface area (Å²) in [5.41, 5.74) is 4.70. The molecule has 188 valence electrons. The van der Waals surface area contributed by atoms with Gasteiger partial charge in [-0.15, -0.1) is 12.4 Å². The summed E-state index contributed by atoms with van der Waals surface area (Å²) in [6, 6.07) is 23.1. The maximum atomic E-state index is 13.1. The van der Waals surface area contributed by atoms with Gasteiger partial charge in [-0.05, 0) is 67.1 Å². The second-order valence-corrected chi connectivity index (χ2v) is 9.59. The van der Waals surface area contributed by atoms with Gasteiger partial charge in [-0.2, -0.15) is 0 Å². The Labute approximate surface area is 219 Å². The number of benzene rings is 2. The van der Waals surface area contributed by atoms with Crippen molar-refractivity contribution in [3.8, 4) is 0 Å². The van der Waals surface area contributed by atoms with E-state index in [1.165, 1.54) is 34.9 Å². The summed E-state index contributed by atoms with van der Waals surface area (Å²) in [5.74, 6) is 0.763. The van der Waals surface area contributed by atoms with Gasteiger partial charge in [0.25, 0.3) is 0 Å². The maximum absolute atomic E-state index is 13.1. The molecule has 0 bridgehead atoms. The number of pyridine rings is 1. The van der Waals surface area contributed by atoms with E-state index < -0.39 is 0 Å². The lowest BCUT2D eigenvalue weighted by Gasteiger charge is -2.23. The summed E-state index contributed by atoms with van der Waals surface area (Å²) >= 11 is 0. The van der Waals surface area contributed by atoms with Crippen LogP contribution in [0.2, 0.25) is 0 Å². The highest BCUT2D eigenvalue weighted by Crippen LogP contribution is 2.35. The maximum Gasteiger partial charge on any atom is 0.220 e. The minimum absolute atomic E-state index is 0. The van der Waals surface area contributed by atoms with E-state index in [-0.39, 0.29) is 24.2 Å². The van der Waals surface area contributed by atoms with E-state index in [0.717, 1.165) is 38.2 Å². The third kappa shape index (κ3) is 6.34. The highest BCUT2D eigenvalue weighted by molar-refractivity contribution is 5.87. The van der Waals surface area contributed by atoms with Crippen molar-refractivity contribution in [1.82, 2.24) is 20.2 Å². The number of para-hydroxylation sites is 1. The molecule has 4 aromatic rings. The molecule has 6 heteroatoms. The van der Waals surface area contributed by atoms with Crippen molar-refractivity contribution in [1.29, 1.82) is 0 Å². The van der Waals surface area contributed by atoms with Crippen LogP contribution in [0.5, 0.6) is 0 Å². The molecule has 1 aliphatic rings. The fourth-order valence-corrected chi connectivity index (χ4v) is 5.30. The summed E-state index contributed by atoms with van der Waals surface area (Å²) < 4.78 is 2.30. The second kappa shape index (κ2) is 12.7. The average molecular weight is 503 g/mol. The van der Waals surface area contributed by atoms with Crippen LogP contribution in [-0.4, -0.2) is 35.1 Å². The third-order valence-electron chi connectivity index (χ3n) is 7.20. The molecule has 2 aromatic heterocycles. The number of nitrogens with one attached hydrogen (secondary N) is 2. The van der Waals surface area contributed by atoms with Crippen LogP contribution in [0.4, 0.5) is 0 Å². The topological polar surface area (TPSA) is 59.0 Å². The number of hydrogen-bond acceptors (Lipinski definition) is 3. The molecule has 5 nitrogen and oxygen atoms in total. The van der Waals surface area contributed by atoms with Crippen LogP contribution >= 0.6 is 12.4 Å². The van der Waals surface area contributed by atoms with Crippen molar-refractivity contribution in [2.45, 2.75) is 38.1 Å². The van der Waals surface area contributed by atoms with Gasteiger partial charge in [0.2, 0.25) is 5.91 Å². The molecule has 36 heavy (non-hydrogen) atoms. The SMILES string of the molecule is Cl.O=C(CC(c1cccnc1)c1cn(Cc2ccccc2)c2ccccc12)NCCC1CCNCC1. The molecule has 1 saturated heterocycles. The third-order valence-corrected chi connectivity index (χ3v) is 7.20. The number of carbonyl (C=O) groups excluding carboxylic acids is 1. The number of carbonyl (C=O) groups is 1. The largest absolute Gasteiger partial charge is 0.356 e. The first kappa shape index (κ1) is 25.9. The van der Waals surface area contributed by atoms with Gasteiger partial charge in [0, 0.05) is 54.9 Å². The number of fused-ring (bicyclic) bond motifs is 1. The van der Waals surface area contributed by atoms with Crippen molar-refractivity contribution < 1.29 is 4.79 Å². The molecule has 3 heterocycles. The summed E-state index contributed by atoms with van der Waals surface area (Å²) in [6.45, 7) is 3.73. The van der Waals surface area contributed by atoms with Gasteiger partial charge in [-0.25, -0.2) is 0 Å². The van der Waals surface area contributed by atoms with Crippen molar-refractivity contribution in [2.75, 3.05) is 19.6 Å². The van der Waals surface area contributed by atoms with E-state index in [1.807, 2.05) is 18.3 Å². The van der Waals surface area contributed by atoms with E-state index in [1.54, 1.807) is 6.20 Å². The van der Waals surface area contributed by atoms with Crippen LogP contribution in [0, 0.1) is 5.92 Å². The molecule has 1 fully saturated rings. The first-order valence-electron chi connectivity index (χ1n) is 12.8. The molecule has 5 rings (SSSR count). The molecule has 1 amide bonds. The van der Waals surface area contributed by atoms with Crippen LogP contribution in [0.25, 0.3) is 10.9 Å². The molecule has 2 N–H and O–H groups in total. The van der Waals surface area contributed by atoms with Gasteiger partial charge < -0.3 is 15.2 Å². The molecule has 0 radical (unpaired) electrons. The minimum atomic E-state index is -0.0514. The van der Waals surface area contributed by atoms with E-state index in [2.05, 4.69) is 81.0 Å². The standard InChI is InChI=1S/C30H34N4O.ClH/c35-30(33-18-14-23-12-16-31-17-13-23)19-27(25-9-6-15-32-20-25)28-22-34(21-24-7-2-1-3-8-24)29-11-5-4-10-26(28)29;/h1-11,15,20,22-23,27,31H,12-14,16-19,21H2,(H,33,35);1H. The fraction of sp³-hybridized carbons (Fsp3) is 0.333. The summed E-state index contributed by atoms with van der Waals surface area (Å²) in [6.07, 6.45) is 9.80. The van der Waals surface area contributed by atoms with Crippen LogP contribution < -0.4 is 10.6 Å². The van der Waals surface area contributed by atoms with Crippen molar-refractivity contribution in [2.24, 2.45) is 5.92 Å². The van der Waals surface area contributed by atoms with Gasteiger partial charge >= 0.3 is 0 Å². The van der Waals surface area contributed by atoms with E-state index in [4.69, 9.17) is 0 Å². The lowest BCUT2D eigenvalue weighted by atomic mass is 9.89. The predicted octanol–water partition coefficient (Wildman–Crippen LogP) is 5.53. The Morgan fingerprint density at radius 3 is 2.58 bits per heavy atom. The van der Waals surface area contributed by atoms with Crippen LogP contribution in [0.3, 0.4) is 0 Å². The Morgan fingerprint density at radius 1 is 1.03 bits per heavy atom. The Hall–Kier alpha value is -3.15. The van der Waals surface area contributed by atoms with Gasteiger partial charge in [-0.3, -0.25) is 9.78 Å². The number of piperidine rings is 1. The summed E-state index contributed by atoms with van der Waals surface area (Å²) in [4.78, 5) is 17.5.